The Morgan fingerprint density at radius 1 is 1.25 bits per heavy atom. The molecule has 0 saturated carbocycles. The maximum atomic E-state index is 5.37. The van der Waals surface area contributed by atoms with Crippen molar-refractivity contribution in [1.29, 1.82) is 0 Å². The van der Waals surface area contributed by atoms with Crippen LogP contribution in [-0.4, -0.2) is 17.1 Å². The summed E-state index contributed by atoms with van der Waals surface area (Å²) >= 11 is 0. The second kappa shape index (κ2) is 5.11. The van der Waals surface area contributed by atoms with Gasteiger partial charge in [-0.1, -0.05) is 12.1 Å². The number of benzene rings is 1. The van der Waals surface area contributed by atoms with Gasteiger partial charge in [0.25, 0.3) is 0 Å². The minimum absolute atomic E-state index is 0.332. The van der Waals surface area contributed by atoms with Gasteiger partial charge < -0.3 is 9.47 Å². The van der Waals surface area contributed by atoms with Crippen molar-refractivity contribution in [3.63, 3.8) is 0 Å². The smallest absolute Gasteiger partial charge is 0.317 e. The highest BCUT2D eigenvalue weighted by Crippen LogP contribution is 2.12. The van der Waals surface area contributed by atoms with E-state index in [2.05, 4.69) is 16.2 Å². The molecule has 0 atom stereocenters. The maximum Gasteiger partial charge on any atom is 0.317 e. The summed E-state index contributed by atoms with van der Waals surface area (Å²) in [6, 6.07) is 9.60. The predicted octanol–water partition coefficient (Wildman–Crippen LogP) is 1.86. The lowest BCUT2D eigenvalue weighted by Crippen LogP contribution is -1.98. The van der Waals surface area contributed by atoms with Crippen molar-refractivity contribution in [2.45, 2.75) is 6.61 Å². The molecule has 1 heterocycles. The van der Waals surface area contributed by atoms with Gasteiger partial charge in [-0.3, -0.25) is 0 Å². The van der Waals surface area contributed by atoms with Gasteiger partial charge in [0.15, 0.2) is 0 Å². The molecule has 1 aromatic carbocycles. The minimum atomic E-state index is 0.332. The number of aromatic nitrogens is 2. The summed E-state index contributed by atoms with van der Waals surface area (Å²) < 4.78 is 10.4. The average Bonchev–Trinajstić information content (AvgIpc) is 2.38. The molecule has 16 heavy (non-hydrogen) atoms. The molecule has 0 saturated heterocycles. The van der Waals surface area contributed by atoms with Gasteiger partial charge in [-0.15, -0.1) is 0 Å². The SMILES string of the molecule is COc1ccc(COc2n[c]ccn2)cc1. The fourth-order valence-electron chi connectivity index (χ4n) is 1.19. The van der Waals surface area contributed by atoms with E-state index in [1.54, 1.807) is 19.4 Å². The van der Waals surface area contributed by atoms with E-state index in [0.717, 1.165) is 11.3 Å². The Labute approximate surface area is 93.9 Å². The molecule has 0 aliphatic heterocycles. The highest BCUT2D eigenvalue weighted by atomic mass is 16.5. The fraction of sp³-hybridized carbons (Fsp3) is 0.167. The van der Waals surface area contributed by atoms with Crippen LogP contribution in [0.1, 0.15) is 5.56 Å². The Hall–Kier alpha value is -2.10. The van der Waals surface area contributed by atoms with Gasteiger partial charge >= 0.3 is 6.01 Å². The standard InChI is InChI=1S/C12H11N2O2/c1-15-11-5-3-10(4-6-11)9-16-12-13-7-2-8-14-12/h2-7H,9H2,1H3. The first-order valence-corrected chi connectivity index (χ1v) is 4.83. The van der Waals surface area contributed by atoms with Crippen LogP contribution in [0.15, 0.2) is 36.5 Å². The van der Waals surface area contributed by atoms with Crippen LogP contribution >= 0.6 is 0 Å². The zero-order chi connectivity index (χ0) is 11.2. The van der Waals surface area contributed by atoms with Crippen LogP contribution in [0.5, 0.6) is 11.8 Å². The second-order valence-corrected chi connectivity index (χ2v) is 3.11. The van der Waals surface area contributed by atoms with E-state index in [4.69, 9.17) is 9.47 Å². The molecule has 0 amide bonds. The van der Waals surface area contributed by atoms with Crippen LogP contribution < -0.4 is 9.47 Å². The summed E-state index contributed by atoms with van der Waals surface area (Å²) in [5, 5.41) is 0. The molecule has 0 fully saturated rings. The van der Waals surface area contributed by atoms with Crippen molar-refractivity contribution in [3.8, 4) is 11.8 Å². The molecule has 1 radical (unpaired) electrons. The largest absolute Gasteiger partial charge is 0.497 e. The van der Waals surface area contributed by atoms with E-state index in [0.29, 0.717) is 12.6 Å². The van der Waals surface area contributed by atoms with E-state index in [1.807, 2.05) is 24.3 Å². The van der Waals surface area contributed by atoms with Gasteiger partial charge in [-0.25, -0.2) is 4.98 Å². The Kier molecular flexibility index (Phi) is 3.33. The van der Waals surface area contributed by atoms with Crippen molar-refractivity contribution < 1.29 is 9.47 Å². The molecular weight excluding hydrogens is 204 g/mol. The van der Waals surface area contributed by atoms with Gasteiger partial charge in [-0.2, -0.15) is 4.98 Å². The quantitative estimate of drug-likeness (QED) is 0.780. The normalized spacial score (nSPS) is 9.81. The van der Waals surface area contributed by atoms with Gasteiger partial charge in [0.2, 0.25) is 0 Å². The molecule has 0 N–H and O–H groups in total. The number of nitrogens with zero attached hydrogens (tertiary/aromatic N) is 2. The number of methoxy groups -OCH3 is 1. The molecule has 0 aliphatic rings. The molecule has 2 rings (SSSR count). The van der Waals surface area contributed by atoms with Crippen molar-refractivity contribution in [3.05, 3.63) is 48.3 Å². The van der Waals surface area contributed by atoms with Gasteiger partial charge in [0.1, 0.15) is 12.4 Å². The van der Waals surface area contributed by atoms with Crippen molar-refractivity contribution in [2.24, 2.45) is 0 Å². The zero-order valence-corrected chi connectivity index (χ0v) is 8.88. The molecule has 81 valence electrons. The summed E-state index contributed by atoms with van der Waals surface area (Å²) in [7, 11) is 1.64. The van der Waals surface area contributed by atoms with Crippen molar-refractivity contribution in [1.82, 2.24) is 9.97 Å². The number of hydrogen-bond donors (Lipinski definition) is 0. The van der Waals surface area contributed by atoms with E-state index in [-0.39, 0.29) is 0 Å². The van der Waals surface area contributed by atoms with Crippen LogP contribution in [0.2, 0.25) is 0 Å². The summed E-state index contributed by atoms with van der Waals surface area (Å²) in [4.78, 5) is 7.78. The monoisotopic (exact) mass is 215 g/mol. The van der Waals surface area contributed by atoms with Gasteiger partial charge in [0.05, 0.1) is 13.3 Å². The Morgan fingerprint density at radius 3 is 2.69 bits per heavy atom. The molecule has 0 unspecified atom stereocenters. The van der Waals surface area contributed by atoms with Crippen LogP contribution in [0, 0.1) is 6.20 Å². The average molecular weight is 215 g/mol. The molecule has 0 aliphatic carbocycles. The second-order valence-electron chi connectivity index (χ2n) is 3.11. The van der Waals surface area contributed by atoms with Crippen LogP contribution in [0.3, 0.4) is 0 Å². The summed E-state index contributed by atoms with van der Waals surface area (Å²) in [5.41, 5.74) is 1.04. The first-order valence-electron chi connectivity index (χ1n) is 4.83. The Balaban J connectivity index is 1.94. The highest BCUT2D eigenvalue weighted by molar-refractivity contribution is 5.26. The van der Waals surface area contributed by atoms with E-state index in [9.17, 15) is 0 Å². The van der Waals surface area contributed by atoms with Gasteiger partial charge in [-0.05, 0) is 23.8 Å². The molecular formula is C12H11N2O2. The molecule has 1 aromatic heterocycles. The number of rotatable bonds is 4. The topological polar surface area (TPSA) is 44.2 Å². The van der Waals surface area contributed by atoms with Crippen molar-refractivity contribution in [2.75, 3.05) is 7.11 Å². The van der Waals surface area contributed by atoms with Crippen LogP contribution in [-0.2, 0) is 6.61 Å². The molecule has 4 nitrogen and oxygen atoms in total. The number of hydrogen-bond acceptors (Lipinski definition) is 4. The lowest BCUT2D eigenvalue weighted by molar-refractivity contribution is 0.280. The maximum absolute atomic E-state index is 5.37. The van der Waals surface area contributed by atoms with Crippen LogP contribution in [0.25, 0.3) is 0 Å². The fourth-order valence-corrected chi connectivity index (χ4v) is 1.19. The highest BCUT2D eigenvalue weighted by Gasteiger charge is 1.98. The summed E-state index contributed by atoms with van der Waals surface area (Å²) in [5.74, 6) is 0.827. The zero-order valence-electron chi connectivity index (χ0n) is 8.88. The summed E-state index contributed by atoms with van der Waals surface area (Å²) in [6.45, 7) is 0.432. The van der Waals surface area contributed by atoms with E-state index < -0.39 is 0 Å². The first kappa shape index (κ1) is 10.4. The Bertz CT molecular complexity index is 429. The first-order chi connectivity index (χ1) is 7.88. The third-order valence-electron chi connectivity index (χ3n) is 2.02. The predicted molar refractivity (Wildman–Crippen MR) is 58.2 cm³/mol. The molecule has 0 bridgehead atoms. The number of ether oxygens (including phenoxy) is 2. The van der Waals surface area contributed by atoms with E-state index in [1.165, 1.54) is 0 Å². The van der Waals surface area contributed by atoms with E-state index >= 15 is 0 Å². The van der Waals surface area contributed by atoms with Gasteiger partial charge in [0, 0.05) is 6.20 Å². The summed E-state index contributed by atoms with van der Waals surface area (Å²) in [6.07, 6.45) is 4.25. The lowest BCUT2D eigenvalue weighted by atomic mass is 10.2. The molecule has 0 spiro atoms. The molecule has 4 heteroatoms. The van der Waals surface area contributed by atoms with Crippen molar-refractivity contribution >= 4 is 0 Å². The molecule has 2 aromatic rings. The third kappa shape index (κ3) is 2.70. The Morgan fingerprint density at radius 2 is 2.06 bits per heavy atom. The minimum Gasteiger partial charge on any atom is -0.497 e. The van der Waals surface area contributed by atoms with Crippen LogP contribution in [0.4, 0.5) is 0 Å². The lowest BCUT2D eigenvalue weighted by Gasteiger charge is -2.04. The third-order valence-corrected chi connectivity index (χ3v) is 2.02.